The molecule has 0 unspecified atom stereocenters. The van der Waals surface area contributed by atoms with E-state index in [4.69, 9.17) is 0 Å². The van der Waals surface area contributed by atoms with Gasteiger partial charge in [-0.05, 0) is 11.8 Å². The van der Waals surface area contributed by atoms with Gasteiger partial charge in [0.2, 0.25) is 5.03 Å². The summed E-state index contributed by atoms with van der Waals surface area (Å²) in [4.78, 5) is 0. The van der Waals surface area contributed by atoms with Crippen molar-refractivity contribution < 1.29 is 4.57 Å². The van der Waals surface area contributed by atoms with E-state index in [9.17, 15) is 0 Å². The van der Waals surface area contributed by atoms with E-state index >= 15 is 0 Å². The number of hydrogen-bond donors (Lipinski definition) is 1. The molecule has 0 aliphatic rings. The molecule has 0 radical (unpaired) electrons. The van der Waals surface area contributed by atoms with Gasteiger partial charge in [0, 0.05) is 17.9 Å². The Morgan fingerprint density at radius 3 is 3.00 bits per heavy atom. The van der Waals surface area contributed by atoms with Gasteiger partial charge < -0.3 is 0 Å². The van der Waals surface area contributed by atoms with Crippen LogP contribution in [0.3, 0.4) is 0 Å². The summed E-state index contributed by atoms with van der Waals surface area (Å²) in [5.74, 6) is 2.00. The van der Waals surface area contributed by atoms with E-state index in [1.807, 2.05) is 17.8 Å². The summed E-state index contributed by atoms with van der Waals surface area (Å²) < 4.78 is 2.12. The molecular formula is C8H12NS2+. The summed E-state index contributed by atoms with van der Waals surface area (Å²) in [5, 5.41) is 1.29. The van der Waals surface area contributed by atoms with Crippen LogP contribution < -0.4 is 4.57 Å². The van der Waals surface area contributed by atoms with Gasteiger partial charge in [-0.3, -0.25) is 0 Å². The molecule has 0 aliphatic heterocycles. The van der Waals surface area contributed by atoms with E-state index in [1.165, 1.54) is 5.03 Å². The largest absolute Gasteiger partial charge is 0.239 e. The third-order valence-corrected chi connectivity index (χ3v) is 3.00. The molecule has 60 valence electrons. The Hall–Kier alpha value is -0.150. The lowest BCUT2D eigenvalue weighted by atomic mass is 10.5. The van der Waals surface area contributed by atoms with Crippen molar-refractivity contribution in [2.45, 2.75) is 5.03 Å². The average molecular weight is 186 g/mol. The molecule has 0 bridgehead atoms. The second-order valence-corrected chi connectivity index (χ2v) is 3.78. The summed E-state index contributed by atoms with van der Waals surface area (Å²) in [5.41, 5.74) is 0. The normalized spacial score (nSPS) is 10.0. The van der Waals surface area contributed by atoms with Crippen LogP contribution in [-0.4, -0.2) is 11.5 Å². The van der Waals surface area contributed by atoms with Crippen LogP contribution in [-0.2, 0) is 7.05 Å². The summed E-state index contributed by atoms with van der Waals surface area (Å²) in [7, 11) is 2.06. The number of aromatic nitrogens is 1. The molecule has 1 heterocycles. The van der Waals surface area contributed by atoms with Crippen molar-refractivity contribution >= 4 is 24.4 Å². The fourth-order valence-corrected chi connectivity index (χ4v) is 1.82. The number of pyridine rings is 1. The Morgan fingerprint density at radius 2 is 2.36 bits per heavy atom. The monoisotopic (exact) mass is 186 g/mol. The minimum Gasteiger partial charge on any atom is -0.196 e. The van der Waals surface area contributed by atoms with Crippen LogP contribution >= 0.6 is 24.4 Å². The van der Waals surface area contributed by atoms with Crippen molar-refractivity contribution in [2.24, 2.45) is 7.05 Å². The molecule has 0 fully saturated rings. The van der Waals surface area contributed by atoms with Crippen LogP contribution in [0.1, 0.15) is 0 Å². The maximum absolute atomic E-state index is 4.15. The molecule has 0 amide bonds. The van der Waals surface area contributed by atoms with Crippen molar-refractivity contribution in [3.05, 3.63) is 24.4 Å². The summed E-state index contributed by atoms with van der Waals surface area (Å²) >= 11 is 5.99. The van der Waals surface area contributed by atoms with Gasteiger partial charge in [0.15, 0.2) is 6.20 Å². The third-order valence-electron chi connectivity index (χ3n) is 1.35. The molecular weight excluding hydrogens is 174 g/mol. The fourth-order valence-electron chi connectivity index (χ4n) is 0.808. The highest BCUT2D eigenvalue weighted by atomic mass is 32.2. The van der Waals surface area contributed by atoms with E-state index in [0.717, 1.165) is 11.5 Å². The van der Waals surface area contributed by atoms with Gasteiger partial charge in [0.25, 0.3) is 0 Å². The zero-order valence-electron chi connectivity index (χ0n) is 6.53. The maximum atomic E-state index is 4.15. The number of rotatable bonds is 3. The minimum absolute atomic E-state index is 0.930. The average Bonchev–Trinajstić information content (AvgIpc) is 2.03. The number of hydrogen-bond acceptors (Lipinski definition) is 2. The third kappa shape index (κ3) is 2.75. The van der Waals surface area contributed by atoms with Gasteiger partial charge in [-0.25, -0.2) is 0 Å². The zero-order valence-corrected chi connectivity index (χ0v) is 8.24. The standard InChI is InChI=1S/C8H11NS2/c1-9-5-3-2-4-8(9)11-7-6-10/h2-5H,6-7H2,1H3/p+1. The Morgan fingerprint density at radius 1 is 1.55 bits per heavy atom. The molecule has 1 aromatic heterocycles. The van der Waals surface area contributed by atoms with Gasteiger partial charge in [0.05, 0.1) is 0 Å². The lowest BCUT2D eigenvalue weighted by Gasteiger charge is -1.95. The van der Waals surface area contributed by atoms with Gasteiger partial charge in [-0.1, -0.05) is 11.8 Å². The van der Waals surface area contributed by atoms with Crippen molar-refractivity contribution in [1.82, 2.24) is 0 Å². The number of thiol groups is 1. The highest BCUT2D eigenvalue weighted by molar-refractivity contribution is 7.99. The summed E-state index contributed by atoms with van der Waals surface area (Å²) in [6.45, 7) is 0. The van der Waals surface area contributed by atoms with Crippen LogP contribution in [0, 0.1) is 0 Å². The van der Waals surface area contributed by atoms with Crippen molar-refractivity contribution in [3.63, 3.8) is 0 Å². The number of aryl methyl sites for hydroxylation is 1. The highest BCUT2D eigenvalue weighted by Crippen LogP contribution is 2.11. The molecule has 0 aromatic carbocycles. The van der Waals surface area contributed by atoms with E-state index in [1.54, 1.807) is 0 Å². The Kier molecular flexibility index (Phi) is 3.80. The smallest absolute Gasteiger partial charge is 0.196 e. The molecule has 3 heteroatoms. The summed E-state index contributed by atoms with van der Waals surface area (Å²) in [6, 6.07) is 6.21. The first-order chi connectivity index (χ1) is 5.34. The molecule has 11 heavy (non-hydrogen) atoms. The van der Waals surface area contributed by atoms with Crippen molar-refractivity contribution in [1.29, 1.82) is 0 Å². The second kappa shape index (κ2) is 4.67. The molecule has 0 atom stereocenters. The molecule has 0 N–H and O–H groups in total. The van der Waals surface area contributed by atoms with Crippen LogP contribution in [0.25, 0.3) is 0 Å². The summed E-state index contributed by atoms with van der Waals surface area (Å²) in [6.07, 6.45) is 2.06. The predicted octanol–water partition coefficient (Wildman–Crippen LogP) is 1.53. The van der Waals surface area contributed by atoms with Gasteiger partial charge in [-0.15, -0.1) is 0 Å². The molecule has 1 aromatic rings. The van der Waals surface area contributed by atoms with Gasteiger partial charge >= 0.3 is 0 Å². The Labute approximate surface area is 77.2 Å². The maximum Gasteiger partial charge on any atom is 0.239 e. The van der Waals surface area contributed by atoms with E-state index in [0.29, 0.717) is 0 Å². The first kappa shape index (κ1) is 8.94. The SMILES string of the molecule is C[n+]1ccccc1SCCS. The topological polar surface area (TPSA) is 3.88 Å². The highest BCUT2D eigenvalue weighted by Gasteiger charge is 2.02. The Bertz CT molecular complexity index is 225. The molecule has 0 aliphatic carbocycles. The minimum atomic E-state index is 0.930. The molecule has 1 nitrogen and oxygen atoms in total. The number of thioether (sulfide) groups is 1. The van der Waals surface area contributed by atoms with Crippen LogP contribution in [0.4, 0.5) is 0 Å². The van der Waals surface area contributed by atoms with E-state index in [2.05, 4.69) is 42.6 Å². The first-order valence-electron chi connectivity index (χ1n) is 3.53. The van der Waals surface area contributed by atoms with Crippen molar-refractivity contribution in [3.8, 4) is 0 Å². The lowest BCUT2D eigenvalue weighted by Crippen LogP contribution is -2.29. The van der Waals surface area contributed by atoms with Crippen LogP contribution in [0.2, 0.25) is 0 Å². The molecule has 0 saturated heterocycles. The fraction of sp³-hybridized carbons (Fsp3) is 0.375. The first-order valence-corrected chi connectivity index (χ1v) is 5.14. The van der Waals surface area contributed by atoms with E-state index in [-0.39, 0.29) is 0 Å². The van der Waals surface area contributed by atoms with E-state index < -0.39 is 0 Å². The number of nitrogens with zero attached hydrogens (tertiary/aromatic N) is 1. The lowest BCUT2D eigenvalue weighted by molar-refractivity contribution is -0.708. The van der Waals surface area contributed by atoms with Gasteiger partial charge in [-0.2, -0.15) is 17.2 Å². The molecule has 1 rings (SSSR count). The van der Waals surface area contributed by atoms with Crippen molar-refractivity contribution in [2.75, 3.05) is 11.5 Å². The zero-order chi connectivity index (χ0) is 8.10. The van der Waals surface area contributed by atoms with Crippen LogP contribution in [0.5, 0.6) is 0 Å². The molecule has 0 saturated carbocycles. The van der Waals surface area contributed by atoms with Crippen LogP contribution in [0.15, 0.2) is 29.4 Å². The molecule has 0 spiro atoms. The Balaban J connectivity index is 2.62. The quantitative estimate of drug-likeness (QED) is 0.426. The predicted molar refractivity (Wildman–Crippen MR) is 52.2 cm³/mol. The van der Waals surface area contributed by atoms with Gasteiger partial charge in [0.1, 0.15) is 7.05 Å². The second-order valence-electron chi connectivity index (χ2n) is 2.22.